The van der Waals surface area contributed by atoms with Crippen molar-refractivity contribution in [3.05, 3.63) is 54.2 Å². The molecule has 156 valence electrons. The highest BCUT2D eigenvalue weighted by molar-refractivity contribution is 6.29. The number of hydrogen-bond donors (Lipinski definition) is 1. The maximum Gasteiger partial charge on any atom is 0.156 e. The van der Waals surface area contributed by atoms with Crippen LogP contribution in [0.3, 0.4) is 0 Å². The van der Waals surface area contributed by atoms with Crippen molar-refractivity contribution in [2.24, 2.45) is 0 Å². The van der Waals surface area contributed by atoms with Crippen LogP contribution in [0.5, 0.6) is 0 Å². The minimum absolute atomic E-state index is 0. The molecule has 5 rings (SSSR count). The molecule has 0 unspecified atom stereocenters. The SMILES string of the molecule is Cl.Cl.Clc1cncc(-c2cc3c(cn2)cnn3-c2cccc(N3CCNCC3)n2)n1. The number of pyridine rings is 2. The maximum absolute atomic E-state index is 5.97. The molecule has 1 fully saturated rings. The van der Waals surface area contributed by atoms with E-state index in [1.165, 1.54) is 6.20 Å². The molecule has 0 aromatic carbocycles. The topological polar surface area (TPSA) is 84.7 Å². The minimum Gasteiger partial charge on any atom is -0.354 e. The Morgan fingerprint density at radius 2 is 1.70 bits per heavy atom. The van der Waals surface area contributed by atoms with Crippen molar-refractivity contribution >= 4 is 53.1 Å². The molecule has 1 N–H and O–H groups in total. The van der Waals surface area contributed by atoms with E-state index < -0.39 is 0 Å². The molecule has 1 aliphatic rings. The second kappa shape index (κ2) is 9.53. The van der Waals surface area contributed by atoms with E-state index in [1.54, 1.807) is 18.6 Å². The smallest absolute Gasteiger partial charge is 0.156 e. The predicted octanol–water partition coefficient (Wildman–Crippen LogP) is 3.18. The molecule has 0 spiro atoms. The fraction of sp³-hybridized carbons (Fsp3) is 0.211. The van der Waals surface area contributed by atoms with E-state index in [-0.39, 0.29) is 24.8 Å². The lowest BCUT2D eigenvalue weighted by Gasteiger charge is -2.28. The summed E-state index contributed by atoms with van der Waals surface area (Å²) in [6.07, 6.45) is 6.70. The first-order valence-corrected chi connectivity index (χ1v) is 9.40. The molecule has 0 saturated carbocycles. The largest absolute Gasteiger partial charge is 0.354 e. The third kappa shape index (κ3) is 4.32. The van der Waals surface area contributed by atoms with Crippen LogP contribution < -0.4 is 10.2 Å². The van der Waals surface area contributed by atoms with Gasteiger partial charge in [0.25, 0.3) is 0 Å². The Bertz CT molecular complexity index is 1140. The third-order valence-corrected chi connectivity index (χ3v) is 4.88. The fourth-order valence-corrected chi connectivity index (χ4v) is 3.46. The van der Waals surface area contributed by atoms with Gasteiger partial charge in [0.1, 0.15) is 16.7 Å². The molecule has 11 heteroatoms. The van der Waals surface area contributed by atoms with E-state index in [4.69, 9.17) is 16.6 Å². The lowest BCUT2D eigenvalue weighted by atomic mass is 10.2. The van der Waals surface area contributed by atoms with E-state index >= 15 is 0 Å². The van der Waals surface area contributed by atoms with Crippen molar-refractivity contribution in [3.63, 3.8) is 0 Å². The highest BCUT2D eigenvalue weighted by atomic mass is 35.5. The summed E-state index contributed by atoms with van der Waals surface area (Å²) in [5.74, 6) is 1.72. The summed E-state index contributed by atoms with van der Waals surface area (Å²) in [5, 5.41) is 9.14. The molecule has 4 aromatic rings. The second-order valence-corrected chi connectivity index (χ2v) is 6.89. The Kier molecular flexibility index (Phi) is 7.04. The van der Waals surface area contributed by atoms with E-state index in [9.17, 15) is 0 Å². The van der Waals surface area contributed by atoms with Gasteiger partial charge in [0.05, 0.1) is 29.8 Å². The van der Waals surface area contributed by atoms with Crippen molar-refractivity contribution in [1.29, 1.82) is 0 Å². The Morgan fingerprint density at radius 3 is 2.50 bits per heavy atom. The fourth-order valence-electron chi connectivity index (χ4n) is 3.31. The molecular formula is C19H19Cl3N8. The van der Waals surface area contributed by atoms with Gasteiger partial charge in [-0.2, -0.15) is 5.10 Å². The van der Waals surface area contributed by atoms with Crippen molar-refractivity contribution in [3.8, 4) is 17.2 Å². The van der Waals surface area contributed by atoms with Crippen LogP contribution >= 0.6 is 36.4 Å². The summed E-state index contributed by atoms with van der Waals surface area (Å²) < 4.78 is 1.82. The van der Waals surface area contributed by atoms with Crippen LogP contribution in [-0.2, 0) is 0 Å². The van der Waals surface area contributed by atoms with Crippen molar-refractivity contribution < 1.29 is 0 Å². The van der Waals surface area contributed by atoms with Gasteiger partial charge in [-0.05, 0) is 18.2 Å². The van der Waals surface area contributed by atoms with Gasteiger partial charge in [-0.15, -0.1) is 24.8 Å². The Balaban J connectivity index is 0.00000128. The van der Waals surface area contributed by atoms with E-state index in [2.05, 4.69) is 30.3 Å². The number of fused-ring (bicyclic) bond motifs is 1. The summed E-state index contributed by atoms with van der Waals surface area (Å²) in [5.41, 5.74) is 2.20. The van der Waals surface area contributed by atoms with Crippen molar-refractivity contribution in [2.75, 3.05) is 31.1 Å². The molecule has 1 saturated heterocycles. The summed E-state index contributed by atoms with van der Waals surface area (Å²) in [6.45, 7) is 3.81. The van der Waals surface area contributed by atoms with Gasteiger partial charge < -0.3 is 10.2 Å². The zero-order chi connectivity index (χ0) is 18.9. The van der Waals surface area contributed by atoms with Crippen LogP contribution in [0.25, 0.3) is 28.1 Å². The Morgan fingerprint density at radius 1 is 0.900 bits per heavy atom. The van der Waals surface area contributed by atoms with Gasteiger partial charge in [-0.1, -0.05) is 17.7 Å². The second-order valence-electron chi connectivity index (χ2n) is 6.50. The highest BCUT2D eigenvalue weighted by Crippen LogP contribution is 2.23. The molecule has 0 radical (unpaired) electrons. The number of halogens is 3. The monoisotopic (exact) mass is 464 g/mol. The summed E-state index contributed by atoms with van der Waals surface area (Å²) in [7, 11) is 0. The van der Waals surface area contributed by atoms with E-state index in [1.807, 2.05) is 28.9 Å². The molecule has 0 atom stereocenters. The molecule has 0 amide bonds. The Hall–Kier alpha value is -2.52. The number of rotatable bonds is 3. The van der Waals surface area contributed by atoms with Crippen LogP contribution in [0.4, 0.5) is 5.82 Å². The van der Waals surface area contributed by atoms with Gasteiger partial charge >= 0.3 is 0 Å². The Labute approximate surface area is 190 Å². The molecule has 0 aliphatic carbocycles. The van der Waals surface area contributed by atoms with Gasteiger partial charge in [0.2, 0.25) is 0 Å². The maximum atomic E-state index is 5.97. The number of hydrogen-bond acceptors (Lipinski definition) is 7. The first-order chi connectivity index (χ1) is 13.8. The summed E-state index contributed by atoms with van der Waals surface area (Å²) >= 11 is 5.97. The molecular weight excluding hydrogens is 447 g/mol. The van der Waals surface area contributed by atoms with Crippen LogP contribution in [0.2, 0.25) is 5.15 Å². The molecule has 30 heavy (non-hydrogen) atoms. The van der Waals surface area contributed by atoms with Crippen LogP contribution in [0.1, 0.15) is 0 Å². The molecule has 5 heterocycles. The molecule has 0 bridgehead atoms. The minimum atomic E-state index is 0. The predicted molar refractivity (Wildman–Crippen MR) is 122 cm³/mol. The standard InChI is InChI=1S/C19H17ClN8.2ClH/c20-17-12-22-11-15(25-17)14-8-16-13(9-23-14)10-24-28(16)19-3-1-2-18(26-19)27-6-4-21-5-7-27;;/h1-3,8-12,21H,4-7H2;2*1H. The summed E-state index contributed by atoms with van der Waals surface area (Å²) in [4.78, 5) is 20.0. The van der Waals surface area contributed by atoms with Crippen LogP contribution in [-0.4, -0.2) is 55.9 Å². The van der Waals surface area contributed by atoms with Crippen molar-refractivity contribution in [1.82, 2.24) is 35.0 Å². The van der Waals surface area contributed by atoms with E-state index in [0.29, 0.717) is 16.5 Å². The van der Waals surface area contributed by atoms with E-state index in [0.717, 1.165) is 48.7 Å². The van der Waals surface area contributed by atoms with Gasteiger partial charge in [0, 0.05) is 37.8 Å². The molecule has 4 aromatic heterocycles. The number of anilines is 1. The zero-order valence-corrected chi connectivity index (χ0v) is 18.2. The number of piperazine rings is 1. The first kappa shape index (κ1) is 22.2. The van der Waals surface area contributed by atoms with Crippen LogP contribution in [0.15, 0.2) is 49.1 Å². The first-order valence-electron chi connectivity index (χ1n) is 9.03. The van der Waals surface area contributed by atoms with Gasteiger partial charge in [0.15, 0.2) is 5.82 Å². The lowest BCUT2D eigenvalue weighted by molar-refractivity contribution is 0.584. The number of aromatic nitrogens is 6. The van der Waals surface area contributed by atoms with Gasteiger partial charge in [-0.25, -0.2) is 14.6 Å². The highest BCUT2D eigenvalue weighted by Gasteiger charge is 2.14. The number of nitrogens with zero attached hydrogens (tertiary/aromatic N) is 7. The average Bonchev–Trinajstić information content (AvgIpc) is 3.18. The quantitative estimate of drug-likeness (QED) is 0.497. The van der Waals surface area contributed by atoms with Gasteiger partial charge in [-0.3, -0.25) is 9.97 Å². The lowest BCUT2D eigenvalue weighted by Crippen LogP contribution is -2.43. The molecule has 1 aliphatic heterocycles. The molecule has 8 nitrogen and oxygen atoms in total. The van der Waals surface area contributed by atoms with Crippen molar-refractivity contribution in [2.45, 2.75) is 0 Å². The zero-order valence-electron chi connectivity index (χ0n) is 15.8. The summed E-state index contributed by atoms with van der Waals surface area (Å²) in [6, 6.07) is 7.94. The number of nitrogens with one attached hydrogen (secondary N) is 1. The third-order valence-electron chi connectivity index (χ3n) is 4.70. The normalized spacial score (nSPS) is 13.6. The average molecular weight is 466 g/mol. The van der Waals surface area contributed by atoms with Crippen LogP contribution in [0, 0.1) is 0 Å².